The van der Waals surface area contributed by atoms with Crippen LogP contribution in [0.4, 0.5) is 13.2 Å². The van der Waals surface area contributed by atoms with Crippen molar-refractivity contribution in [3.63, 3.8) is 0 Å². The van der Waals surface area contributed by atoms with Gasteiger partial charge in [0, 0.05) is 5.33 Å². The van der Waals surface area contributed by atoms with Crippen molar-refractivity contribution in [3.05, 3.63) is 59.7 Å². The minimum absolute atomic E-state index is 0.321. The fourth-order valence-corrected chi connectivity index (χ4v) is 3.03. The third-order valence-electron chi connectivity index (χ3n) is 3.72. The van der Waals surface area contributed by atoms with Crippen LogP contribution in [0.1, 0.15) is 17.2 Å². The van der Waals surface area contributed by atoms with E-state index in [0.717, 1.165) is 28.3 Å². The Bertz CT molecular complexity index is 842. The van der Waals surface area contributed by atoms with Crippen LogP contribution in [0.25, 0.3) is 21.5 Å². The molecule has 0 fully saturated rings. The molecule has 22 heavy (non-hydrogen) atoms. The lowest BCUT2D eigenvalue weighted by Gasteiger charge is -2.15. The lowest BCUT2D eigenvalue weighted by Crippen LogP contribution is -2.05. The minimum Gasteiger partial charge on any atom is -0.388 e. The highest BCUT2D eigenvalue weighted by molar-refractivity contribution is 9.09. The molecular formula is C17H12BrF3O. The largest absolute Gasteiger partial charge is 0.416 e. The smallest absolute Gasteiger partial charge is 0.388 e. The molecule has 0 amide bonds. The zero-order valence-corrected chi connectivity index (χ0v) is 12.9. The van der Waals surface area contributed by atoms with Crippen LogP contribution in [0.3, 0.4) is 0 Å². The molecule has 0 unspecified atom stereocenters. The number of alkyl halides is 4. The summed E-state index contributed by atoms with van der Waals surface area (Å²) in [6.45, 7) is 0. The second kappa shape index (κ2) is 5.56. The van der Waals surface area contributed by atoms with Crippen LogP contribution in [-0.2, 0) is 6.18 Å². The third kappa shape index (κ3) is 2.59. The average Bonchev–Trinajstić information content (AvgIpc) is 2.52. The predicted molar refractivity (Wildman–Crippen MR) is 85.2 cm³/mol. The first-order chi connectivity index (χ1) is 10.4. The SMILES string of the molecule is O[C@H](CBr)c1cc2cc(C(F)(F)F)ccc2c2ccccc12. The number of aliphatic hydroxyl groups excluding tert-OH is 1. The zero-order valence-electron chi connectivity index (χ0n) is 11.4. The van der Waals surface area contributed by atoms with Gasteiger partial charge >= 0.3 is 6.18 Å². The molecule has 0 spiro atoms. The summed E-state index contributed by atoms with van der Waals surface area (Å²) in [7, 11) is 0. The number of fused-ring (bicyclic) bond motifs is 3. The Labute approximate surface area is 133 Å². The van der Waals surface area contributed by atoms with Crippen molar-refractivity contribution in [1.29, 1.82) is 0 Å². The summed E-state index contributed by atoms with van der Waals surface area (Å²) < 4.78 is 38.7. The second-order valence-corrected chi connectivity index (χ2v) is 5.76. The molecule has 0 saturated carbocycles. The van der Waals surface area contributed by atoms with E-state index in [1.165, 1.54) is 6.07 Å². The van der Waals surface area contributed by atoms with Crippen molar-refractivity contribution in [3.8, 4) is 0 Å². The topological polar surface area (TPSA) is 20.2 Å². The van der Waals surface area contributed by atoms with E-state index in [1.54, 1.807) is 6.07 Å². The van der Waals surface area contributed by atoms with Crippen molar-refractivity contribution >= 4 is 37.5 Å². The maximum Gasteiger partial charge on any atom is 0.416 e. The van der Waals surface area contributed by atoms with Crippen LogP contribution in [0.15, 0.2) is 48.5 Å². The lowest BCUT2D eigenvalue weighted by molar-refractivity contribution is -0.137. The summed E-state index contributed by atoms with van der Waals surface area (Å²) in [5, 5.41) is 13.4. The van der Waals surface area contributed by atoms with Gasteiger partial charge in [0.2, 0.25) is 0 Å². The van der Waals surface area contributed by atoms with Gasteiger partial charge in [-0.2, -0.15) is 13.2 Å². The van der Waals surface area contributed by atoms with Gasteiger partial charge in [-0.05, 0) is 45.3 Å². The molecule has 0 bridgehead atoms. The molecule has 3 aromatic rings. The number of benzene rings is 3. The van der Waals surface area contributed by atoms with E-state index in [0.29, 0.717) is 16.3 Å². The fourth-order valence-electron chi connectivity index (χ4n) is 2.68. The van der Waals surface area contributed by atoms with E-state index < -0.39 is 17.8 Å². The van der Waals surface area contributed by atoms with Crippen molar-refractivity contribution in [2.24, 2.45) is 0 Å². The lowest BCUT2D eigenvalue weighted by atomic mass is 9.94. The van der Waals surface area contributed by atoms with Gasteiger partial charge in [0.1, 0.15) is 0 Å². The van der Waals surface area contributed by atoms with E-state index in [1.807, 2.05) is 24.3 Å². The van der Waals surface area contributed by atoms with E-state index >= 15 is 0 Å². The molecule has 1 atom stereocenters. The number of rotatable bonds is 2. The van der Waals surface area contributed by atoms with Crippen molar-refractivity contribution in [1.82, 2.24) is 0 Å². The first-order valence-electron chi connectivity index (χ1n) is 6.68. The quantitative estimate of drug-likeness (QED) is 0.471. The van der Waals surface area contributed by atoms with Crippen LogP contribution in [-0.4, -0.2) is 10.4 Å². The molecule has 1 nitrogen and oxygen atoms in total. The third-order valence-corrected chi connectivity index (χ3v) is 4.34. The van der Waals surface area contributed by atoms with Crippen molar-refractivity contribution < 1.29 is 18.3 Å². The molecule has 0 saturated heterocycles. The van der Waals surface area contributed by atoms with Gasteiger partial charge in [0.25, 0.3) is 0 Å². The molecule has 1 N–H and O–H groups in total. The molecule has 0 aromatic heterocycles. The first kappa shape index (κ1) is 15.3. The average molecular weight is 369 g/mol. The number of aliphatic hydroxyl groups is 1. The van der Waals surface area contributed by atoms with E-state index in [2.05, 4.69) is 15.9 Å². The van der Waals surface area contributed by atoms with Crippen LogP contribution in [0.2, 0.25) is 0 Å². The van der Waals surface area contributed by atoms with Crippen LogP contribution in [0, 0.1) is 0 Å². The summed E-state index contributed by atoms with van der Waals surface area (Å²) >= 11 is 3.22. The minimum atomic E-state index is -4.38. The molecular weight excluding hydrogens is 357 g/mol. The van der Waals surface area contributed by atoms with Crippen molar-refractivity contribution in [2.45, 2.75) is 12.3 Å². The van der Waals surface area contributed by atoms with Crippen LogP contribution in [0.5, 0.6) is 0 Å². The van der Waals surface area contributed by atoms with Gasteiger partial charge < -0.3 is 5.11 Å². The number of halogens is 4. The van der Waals surface area contributed by atoms with Gasteiger partial charge in [-0.1, -0.05) is 46.3 Å². The monoisotopic (exact) mass is 368 g/mol. The molecule has 0 aliphatic heterocycles. The maximum atomic E-state index is 12.9. The molecule has 3 rings (SSSR count). The Hall–Kier alpha value is -1.59. The van der Waals surface area contributed by atoms with Gasteiger partial charge in [0.05, 0.1) is 11.7 Å². The van der Waals surface area contributed by atoms with Gasteiger partial charge in [0.15, 0.2) is 0 Å². The van der Waals surface area contributed by atoms with Gasteiger partial charge in [-0.3, -0.25) is 0 Å². The zero-order chi connectivity index (χ0) is 15.9. The number of hydrogen-bond donors (Lipinski definition) is 1. The fraction of sp³-hybridized carbons (Fsp3) is 0.176. The predicted octanol–water partition coefficient (Wildman–Crippen LogP) is 5.44. The standard InChI is InChI=1S/C17H12BrF3O/c18-9-16(22)15-8-10-7-11(17(19,20)21)5-6-12(10)13-3-1-2-4-14(13)15/h1-8,16,22H,9H2/t16-/m1/s1. The van der Waals surface area contributed by atoms with Gasteiger partial charge in [-0.15, -0.1) is 0 Å². The van der Waals surface area contributed by atoms with E-state index in [9.17, 15) is 18.3 Å². The summed E-state index contributed by atoms with van der Waals surface area (Å²) in [6.07, 6.45) is -5.16. The summed E-state index contributed by atoms with van der Waals surface area (Å²) in [5.74, 6) is 0. The molecule has 3 aromatic carbocycles. The van der Waals surface area contributed by atoms with Gasteiger partial charge in [-0.25, -0.2) is 0 Å². The molecule has 5 heteroatoms. The Morgan fingerprint density at radius 1 is 0.955 bits per heavy atom. The molecule has 0 heterocycles. The normalized spacial score (nSPS) is 13.7. The highest BCUT2D eigenvalue weighted by Crippen LogP contribution is 2.36. The highest BCUT2D eigenvalue weighted by Gasteiger charge is 2.30. The molecule has 0 aliphatic rings. The summed E-state index contributed by atoms with van der Waals surface area (Å²) in [4.78, 5) is 0. The Morgan fingerprint density at radius 2 is 1.64 bits per heavy atom. The summed E-state index contributed by atoms with van der Waals surface area (Å²) in [5.41, 5.74) is -0.0612. The maximum absolute atomic E-state index is 12.9. The van der Waals surface area contributed by atoms with Crippen molar-refractivity contribution in [2.75, 3.05) is 5.33 Å². The Morgan fingerprint density at radius 3 is 2.27 bits per heavy atom. The first-order valence-corrected chi connectivity index (χ1v) is 7.80. The summed E-state index contributed by atoms with van der Waals surface area (Å²) in [6, 6.07) is 12.8. The Kier molecular flexibility index (Phi) is 3.87. The highest BCUT2D eigenvalue weighted by atomic mass is 79.9. The van der Waals surface area contributed by atoms with Crippen LogP contribution >= 0.6 is 15.9 Å². The second-order valence-electron chi connectivity index (χ2n) is 5.12. The molecule has 0 radical (unpaired) electrons. The van der Waals surface area contributed by atoms with E-state index in [-0.39, 0.29) is 0 Å². The van der Waals surface area contributed by atoms with Crippen LogP contribution < -0.4 is 0 Å². The Balaban J connectivity index is 2.38. The molecule has 114 valence electrons. The number of hydrogen-bond acceptors (Lipinski definition) is 1. The molecule has 0 aliphatic carbocycles. The van der Waals surface area contributed by atoms with E-state index in [4.69, 9.17) is 0 Å².